The van der Waals surface area contributed by atoms with Gasteiger partial charge in [-0.25, -0.2) is 24.3 Å². The van der Waals surface area contributed by atoms with Crippen LogP contribution in [0.15, 0.2) is 97.2 Å². The molecule has 1 aliphatic heterocycles. The molecule has 2 aromatic carbocycles. The Labute approximate surface area is 353 Å². The molecule has 14 heteroatoms. The van der Waals surface area contributed by atoms with Crippen molar-refractivity contribution in [2.24, 2.45) is 11.3 Å². The number of carbonyl (C=O) groups excluding carboxylic acids is 3. The van der Waals surface area contributed by atoms with E-state index < -0.39 is 35.7 Å². The fourth-order valence-electron chi connectivity index (χ4n) is 7.34. The minimum atomic E-state index is -1.41. The van der Waals surface area contributed by atoms with Crippen LogP contribution in [0.2, 0.25) is 0 Å². The smallest absolute Gasteiger partial charge is 0.415 e. The van der Waals surface area contributed by atoms with Crippen LogP contribution in [0, 0.1) is 18.3 Å². The number of imide groups is 1. The van der Waals surface area contributed by atoms with Gasteiger partial charge in [-0.05, 0) is 60.1 Å². The molecule has 1 aliphatic rings. The summed E-state index contributed by atoms with van der Waals surface area (Å²) in [6.45, 7) is 12.5. The Balaban J connectivity index is 1.38. The normalized spacial score (nSPS) is 15.0. The average Bonchev–Trinajstić information content (AvgIpc) is 3.58. The van der Waals surface area contributed by atoms with E-state index in [1.165, 1.54) is 5.01 Å². The van der Waals surface area contributed by atoms with Crippen LogP contribution >= 0.6 is 0 Å². The molecule has 2 aromatic heterocycles. The Morgan fingerprint density at radius 3 is 2.27 bits per heavy atom. The van der Waals surface area contributed by atoms with Crippen molar-refractivity contribution >= 4 is 24.1 Å². The molecule has 5 rings (SSSR count). The van der Waals surface area contributed by atoms with Gasteiger partial charge in [0.1, 0.15) is 6.04 Å². The highest BCUT2D eigenvalue weighted by Crippen LogP contribution is 2.23. The maximum absolute atomic E-state index is 14.5. The Hall–Kier alpha value is -5.86. The van der Waals surface area contributed by atoms with Crippen LogP contribution in [0.4, 0.5) is 14.4 Å². The molecule has 4 unspecified atom stereocenters. The summed E-state index contributed by atoms with van der Waals surface area (Å²) >= 11 is 0. The number of nitrogens with zero attached hydrogens (tertiary/aromatic N) is 6. The molecular formula is C46H60N8O6. The minimum Gasteiger partial charge on any atom is -0.465 e. The second-order valence-corrected chi connectivity index (χ2v) is 16.8. The molecule has 0 bridgehead atoms. The standard InChI is InChI=1S/C46H60N8O6/c1-7-32(2)41(53-27-26-51(44(53)58)25-23-37-17-13-14-33(3)48-37)42(56)49-39(28-34-15-9-8-10-16-34)40(55)30-52(50-43(57)54(45(59)60)31-46(4,5)6)29-35-19-21-36(22-20-35)38-18-11-12-24-47-38/h8-22,24,32,39-41,55H,7,23,25-31H2,1-6H3,(H,49,56)(H,50,57)(H,59,60). The van der Waals surface area contributed by atoms with Crippen molar-refractivity contribution in [3.05, 3.63) is 120 Å². The van der Waals surface area contributed by atoms with Crippen molar-refractivity contribution in [3.63, 3.8) is 0 Å². The lowest BCUT2D eigenvalue weighted by Crippen LogP contribution is -2.59. The van der Waals surface area contributed by atoms with Crippen molar-refractivity contribution in [1.29, 1.82) is 0 Å². The predicted octanol–water partition coefficient (Wildman–Crippen LogP) is 6.39. The maximum atomic E-state index is 14.5. The number of aliphatic hydroxyl groups excluding tert-OH is 1. The maximum Gasteiger partial charge on any atom is 0.415 e. The molecule has 60 heavy (non-hydrogen) atoms. The van der Waals surface area contributed by atoms with E-state index in [0.717, 1.165) is 38.7 Å². The fraction of sp³-hybridized carbons (Fsp3) is 0.435. The van der Waals surface area contributed by atoms with Crippen LogP contribution in [0.5, 0.6) is 0 Å². The van der Waals surface area contributed by atoms with Gasteiger partial charge in [-0.15, -0.1) is 0 Å². The number of hydrogen-bond donors (Lipinski definition) is 4. The van der Waals surface area contributed by atoms with Gasteiger partial charge in [0.05, 0.1) is 17.8 Å². The van der Waals surface area contributed by atoms with E-state index >= 15 is 0 Å². The Morgan fingerprint density at radius 2 is 1.63 bits per heavy atom. The largest absolute Gasteiger partial charge is 0.465 e. The highest BCUT2D eigenvalue weighted by Gasteiger charge is 2.41. The molecule has 14 nitrogen and oxygen atoms in total. The molecule has 1 fully saturated rings. The zero-order valence-electron chi connectivity index (χ0n) is 35.6. The number of amides is 6. The monoisotopic (exact) mass is 820 g/mol. The predicted molar refractivity (Wildman–Crippen MR) is 230 cm³/mol. The number of aryl methyl sites for hydroxylation is 1. The SMILES string of the molecule is CCC(C)C(C(=O)NC(Cc1ccccc1)C(O)CN(Cc1ccc(-c2ccccn2)cc1)NC(=O)N(CC(C)(C)C)C(=O)O)N1CCN(CCc2cccc(C)n2)C1=O. The molecule has 0 radical (unpaired) electrons. The average molecular weight is 821 g/mol. The topological polar surface area (TPSA) is 172 Å². The summed E-state index contributed by atoms with van der Waals surface area (Å²) in [5.74, 6) is -0.584. The van der Waals surface area contributed by atoms with Crippen molar-refractivity contribution in [2.45, 2.75) is 85.5 Å². The van der Waals surface area contributed by atoms with Crippen molar-refractivity contribution < 1.29 is 29.4 Å². The summed E-state index contributed by atoms with van der Waals surface area (Å²) in [6, 6.07) is 25.8. The first-order valence-electron chi connectivity index (χ1n) is 20.7. The lowest BCUT2D eigenvalue weighted by atomic mass is 9.95. The lowest BCUT2D eigenvalue weighted by molar-refractivity contribution is -0.128. The molecule has 1 saturated heterocycles. The molecule has 0 aliphatic carbocycles. The third kappa shape index (κ3) is 12.8. The molecule has 4 N–H and O–H groups in total. The Bertz CT molecular complexity index is 2030. The first-order chi connectivity index (χ1) is 28.6. The number of benzene rings is 2. The Morgan fingerprint density at radius 1 is 0.917 bits per heavy atom. The summed E-state index contributed by atoms with van der Waals surface area (Å²) in [4.78, 5) is 67.5. The van der Waals surface area contributed by atoms with Crippen LogP contribution in [0.1, 0.15) is 63.6 Å². The number of hydrogen-bond acceptors (Lipinski definition) is 8. The molecule has 0 saturated carbocycles. The van der Waals surface area contributed by atoms with Gasteiger partial charge in [0.2, 0.25) is 5.91 Å². The van der Waals surface area contributed by atoms with E-state index in [9.17, 15) is 29.4 Å². The number of nitrogens with one attached hydrogen (secondary N) is 2. The lowest BCUT2D eigenvalue weighted by Gasteiger charge is -2.35. The number of hydrazine groups is 1. The third-order valence-corrected chi connectivity index (χ3v) is 10.6. The molecule has 3 heterocycles. The summed E-state index contributed by atoms with van der Waals surface area (Å²) in [5, 5.41) is 26.7. The van der Waals surface area contributed by atoms with Gasteiger partial charge < -0.3 is 25.3 Å². The summed E-state index contributed by atoms with van der Waals surface area (Å²) in [5.41, 5.74) is 7.34. The van der Waals surface area contributed by atoms with Gasteiger partial charge in [-0.2, -0.15) is 0 Å². The molecule has 4 aromatic rings. The van der Waals surface area contributed by atoms with Gasteiger partial charge in [-0.1, -0.05) is 108 Å². The van der Waals surface area contributed by atoms with E-state index in [2.05, 4.69) is 20.7 Å². The van der Waals surface area contributed by atoms with E-state index in [1.54, 1.807) is 16.0 Å². The van der Waals surface area contributed by atoms with Gasteiger partial charge in [0.15, 0.2) is 0 Å². The third-order valence-electron chi connectivity index (χ3n) is 10.6. The molecular weight excluding hydrogens is 761 g/mol. The van der Waals surface area contributed by atoms with Gasteiger partial charge in [0, 0.05) is 68.8 Å². The molecule has 6 amide bonds. The van der Waals surface area contributed by atoms with Gasteiger partial charge >= 0.3 is 18.2 Å². The van der Waals surface area contributed by atoms with E-state index in [-0.39, 0.29) is 43.9 Å². The first kappa shape index (κ1) is 45.2. The summed E-state index contributed by atoms with van der Waals surface area (Å²) < 4.78 is 0. The van der Waals surface area contributed by atoms with Crippen LogP contribution in [0.3, 0.4) is 0 Å². The van der Waals surface area contributed by atoms with Crippen molar-refractivity contribution in [1.82, 2.24) is 40.4 Å². The van der Waals surface area contributed by atoms with E-state index in [4.69, 9.17) is 0 Å². The van der Waals surface area contributed by atoms with Crippen molar-refractivity contribution in [2.75, 3.05) is 32.7 Å². The first-order valence-corrected chi connectivity index (χ1v) is 20.7. The number of carboxylic acid groups (broad SMARTS) is 1. The second-order valence-electron chi connectivity index (χ2n) is 16.8. The van der Waals surface area contributed by atoms with Crippen LogP contribution in [-0.4, -0.2) is 115 Å². The second kappa shape index (κ2) is 20.9. The molecule has 4 atom stereocenters. The highest BCUT2D eigenvalue weighted by molar-refractivity contribution is 5.90. The zero-order valence-corrected chi connectivity index (χ0v) is 35.6. The number of carbonyl (C=O) groups is 4. The van der Waals surface area contributed by atoms with E-state index in [0.29, 0.717) is 32.5 Å². The van der Waals surface area contributed by atoms with E-state index in [1.807, 2.05) is 133 Å². The highest BCUT2D eigenvalue weighted by atomic mass is 16.4. The quantitative estimate of drug-likeness (QED) is 0.0831. The number of aliphatic hydroxyl groups is 1. The molecule has 320 valence electrons. The zero-order chi connectivity index (χ0) is 43.4. The number of rotatable bonds is 18. The number of urea groups is 2. The number of aromatic nitrogens is 2. The van der Waals surface area contributed by atoms with Crippen molar-refractivity contribution in [3.8, 4) is 11.3 Å². The van der Waals surface area contributed by atoms with Gasteiger partial charge in [-0.3, -0.25) is 20.2 Å². The summed E-state index contributed by atoms with van der Waals surface area (Å²) in [7, 11) is 0. The van der Waals surface area contributed by atoms with Crippen LogP contribution in [-0.2, 0) is 24.2 Å². The van der Waals surface area contributed by atoms with Crippen LogP contribution < -0.4 is 10.7 Å². The van der Waals surface area contributed by atoms with Crippen LogP contribution in [0.25, 0.3) is 11.3 Å². The minimum absolute atomic E-state index is 0.0670. The fourth-order valence-corrected chi connectivity index (χ4v) is 7.34. The summed E-state index contributed by atoms with van der Waals surface area (Å²) in [6.07, 6.45) is 0.523. The number of pyridine rings is 2. The van der Waals surface area contributed by atoms with Gasteiger partial charge in [0.25, 0.3) is 0 Å². The Kier molecular flexibility index (Phi) is 15.8. The molecule has 0 spiro atoms.